The van der Waals surface area contributed by atoms with Crippen molar-refractivity contribution in [1.29, 1.82) is 0 Å². The van der Waals surface area contributed by atoms with Gasteiger partial charge in [0, 0.05) is 30.2 Å². The Labute approximate surface area is 173 Å². The molecule has 9 heteroatoms. The van der Waals surface area contributed by atoms with Crippen molar-refractivity contribution in [2.45, 2.75) is 50.4 Å². The topological polar surface area (TPSA) is 105 Å². The lowest BCUT2D eigenvalue weighted by Gasteiger charge is -2.33. The second-order valence-electron chi connectivity index (χ2n) is 7.37. The van der Waals surface area contributed by atoms with E-state index in [0.29, 0.717) is 36.8 Å². The number of carbonyl (C=O) groups excluding carboxylic acids is 2. The van der Waals surface area contributed by atoms with Crippen molar-refractivity contribution in [1.82, 2.24) is 15.5 Å². The van der Waals surface area contributed by atoms with Crippen LogP contribution in [0.3, 0.4) is 0 Å². The van der Waals surface area contributed by atoms with Gasteiger partial charge < -0.3 is 20.1 Å². The van der Waals surface area contributed by atoms with Gasteiger partial charge in [-0.15, -0.1) is 0 Å². The molecule has 154 valence electrons. The van der Waals surface area contributed by atoms with E-state index in [1.165, 1.54) is 0 Å². The number of hydrogen-bond acceptors (Lipinski definition) is 5. The zero-order valence-corrected chi connectivity index (χ0v) is 16.6. The highest BCUT2D eigenvalue weighted by molar-refractivity contribution is 6.30. The highest BCUT2D eigenvalue weighted by Crippen LogP contribution is 2.38. The molecule has 2 aliphatic rings. The number of aromatic amines is 1. The second-order valence-corrected chi connectivity index (χ2v) is 7.81. The van der Waals surface area contributed by atoms with Gasteiger partial charge in [-0.1, -0.05) is 23.7 Å². The maximum Gasteiger partial charge on any atom is 0.407 e. The number of anilines is 1. The van der Waals surface area contributed by atoms with Crippen LogP contribution in [0.15, 0.2) is 30.3 Å². The van der Waals surface area contributed by atoms with Crippen molar-refractivity contribution >= 4 is 29.4 Å². The van der Waals surface area contributed by atoms with Gasteiger partial charge in [0.2, 0.25) is 0 Å². The van der Waals surface area contributed by atoms with Crippen LogP contribution in [-0.2, 0) is 20.8 Å². The first-order chi connectivity index (χ1) is 14.1. The molecule has 1 atom stereocenters. The Hall–Kier alpha value is -2.58. The Morgan fingerprint density at radius 2 is 2.07 bits per heavy atom. The summed E-state index contributed by atoms with van der Waals surface area (Å²) in [6.07, 6.45) is 2.12. The fourth-order valence-electron chi connectivity index (χ4n) is 3.48. The van der Waals surface area contributed by atoms with E-state index in [-0.39, 0.29) is 24.0 Å². The fourth-order valence-corrected chi connectivity index (χ4v) is 3.61. The van der Waals surface area contributed by atoms with Gasteiger partial charge in [-0.3, -0.25) is 9.89 Å². The van der Waals surface area contributed by atoms with Gasteiger partial charge in [-0.25, -0.2) is 4.79 Å². The minimum atomic E-state index is -0.435. The maximum atomic E-state index is 12.1. The molecule has 1 aromatic heterocycles. The summed E-state index contributed by atoms with van der Waals surface area (Å²) in [4.78, 5) is 24.0. The second kappa shape index (κ2) is 8.84. The first-order valence-electron chi connectivity index (χ1n) is 9.73. The van der Waals surface area contributed by atoms with Gasteiger partial charge in [-0.05, 0) is 43.4 Å². The van der Waals surface area contributed by atoms with Crippen LogP contribution in [0.5, 0.6) is 0 Å². The zero-order chi connectivity index (χ0) is 20.2. The van der Waals surface area contributed by atoms with Crippen molar-refractivity contribution in [3.8, 4) is 0 Å². The smallest absolute Gasteiger partial charge is 0.407 e. The van der Waals surface area contributed by atoms with Crippen LogP contribution < -0.4 is 10.6 Å². The number of nitrogens with one attached hydrogen (secondary N) is 3. The lowest BCUT2D eigenvalue weighted by molar-refractivity contribution is -0.124. The minimum Gasteiger partial charge on any atom is -0.446 e. The van der Waals surface area contributed by atoms with E-state index in [1.807, 2.05) is 18.2 Å². The van der Waals surface area contributed by atoms with Crippen LogP contribution in [0.2, 0.25) is 5.02 Å². The first kappa shape index (κ1) is 19.7. The van der Waals surface area contributed by atoms with Crippen LogP contribution in [0.25, 0.3) is 0 Å². The van der Waals surface area contributed by atoms with Gasteiger partial charge in [0.25, 0.3) is 5.91 Å². The average molecular weight is 419 g/mol. The fraction of sp³-hybridized carbons (Fsp3) is 0.450. The summed E-state index contributed by atoms with van der Waals surface area (Å²) in [7, 11) is 0. The standard InChI is InChI=1S/C20H23ClN4O4/c21-14-5-3-12(4-6-14)11-22-20(27)29-15-8-13(9-15)16-10-18(25-24-16)23-19(26)17-2-1-7-28-17/h3-6,10,13,15,17H,1-2,7-9,11H2,(H,22,27)(H2,23,24,25,26)/t13-,15+,17-/m1/s1. The van der Waals surface area contributed by atoms with Crippen LogP contribution >= 0.6 is 11.6 Å². The summed E-state index contributed by atoms with van der Waals surface area (Å²) < 4.78 is 10.8. The molecule has 0 radical (unpaired) electrons. The predicted octanol–water partition coefficient (Wildman–Crippen LogP) is 3.35. The van der Waals surface area contributed by atoms with Crippen LogP contribution in [-0.4, -0.2) is 41.0 Å². The summed E-state index contributed by atoms with van der Waals surface area (Å²) in [6.45, 7) is 1.02. The lowest BCUT2D eigenvalue weighted by atomic mass is 9.80. The summed E-state index contributed by atoms with van der Waals surface area (Å²) in [5.41, 5.74) is 1.81. The molecule has 1 aliphatic carbocycles. The molecule has 1 saturated carbocycles. The summed E-state index contributed by atoms with van der Waals surface area (Å²) in [5.74, 6) is 0.615. The Balaban J connectivity index is 1.18. The molecule has 3 N–H and O–H groups in total. The van der Waals surface area contributed by atoms with E-state index in [9.17, 15) is 9.59 Å². The minimum absolute atomic E-state index is 0.133. The summed E-state index contributed by atoms with van der Waals surface area (Å²) >= 11 is 5.84. The zero-order valence-electron chi connectivity index (χ0n) is 15.8. The van der Waals surface area contributed by atoms with E-state index < -0.39 is 6.09 Å². The third-order valence-corrected chi connectivity index (χ3v) is 5.47. The van der Waals surface area contributed by atoms with E-state index in [4.69, 9.17) is 21.1 Å². The average Bonchev–Trinajstić information content (AvgIpc) is 3.36. The van der Waals surface area contributed by atoms with Crippen molar-refractivity contribution in [2.75, 3.05) is 11.9 Å². The molecule has 2 fully saturated rings. The number of ether oxygens (including phenoxy) is 2. The van der Waals surface area contributed by atoms with E-state index >= 15 is 0 Å². The number of amides is 2. The van der Waals surface area contributed by atoms with Crippen LogP contribution in [0.1, 0.15) is 42.9 Å². The quantitative estimate of drug-likeness (QED) is 0.667. The molecule has 2 heterocycles. The lowest BCUT2D eigenvalue weighted by Crippen LogP contribution is -2.36. The number of carbonyl (C=O) groups is 2. The van der Waals surface area contributed by atoms with Gasteiger partial charge in [-0.2, -0.15) is 5.10 Å². The normalized spacial score (nSPS) is 23.3. The number of nitrogens with zero attached hydrogens (tertiary/aromatic N) is 1. The number of aromatic nitrogens is 2. The van der Waals surface area contributed by atoms with Gasteiger partial charge >= 0.3 is 6.09 Å². The van der Waals surface area contributed by atoms with Gasteiger partial charge in [0.05, 0.1) is 5.69 Å². The number of benzene rings is 1. The van der Waals surface area contributed by atoms with E-state index in [2.05, 4.69) is 20.8 Å². The van der Waals surface area contributed by atoms with E-state index in [1.54, 1.807) is 12.1 Å². The van der Waals surface area contributed by atoms with Gasteiger partial charge in [0.15, 0.2) is 0 Å². The maximum absolute atomic E-state index is 12.1. The molecule has 29 heavy (non-hydrogen) atoms. The highest BCUT2D eigenvalue weighted by Gasteiger charge is 2.35. The van der Waals surface area contributed by atoms with Crippen molar-refractivity contribution in [2.24, 2.45) is 0 Å². The Kier molecular flexibility index (Phi) is 6.01. The molecule has 1 saturated heterocycles. The monoisotopic (exact) mass is 418 g/mol. The molecule has 0 spiro atoms. The van der Waals surface area contributed by atoms with Crippen molar-refractivity contribution in [3.05, 3.63) is 46.6 Å². The third-order valence-electron chi connectivity index (χ3n) is 5.21. The van der Waals surface area contributed by atoms with Crippen LogP contribution in [0.4, 0.5) is 10.6 Å². The summed E-state index contributed by atoms with van der Waals surface area (Å²) in [6, 6.07) is 9.10. The number of halogens is 1. The molecule has 1 aliphatic heterocycles. The number of alkyl carbamates (subject to hydrolysis) is 1. The number of rotatable bonds is 6. The number of hydrogen-bond donors (Lipinski definition) is 3. The van der Waals surface area contributed by atoms with Crippen molar-refractivity contribution in [3.63, 3.8) is 0 Å². The van der Waals surface area contributed by atoms with Crippen LogP contribution in [0, 0.1) is 0 Å². The molecule has 8 nitrogen and oxygen atoms in total. The SMILES string of the molecule is O=C(NCc1ccc(Cl)cc1)O[C@H]1C[C@@H](c2cc(NC(=O)[C@H]3CCCO3)[nH]n2)C1. The summed E-state index contributed by atoms with van der Waals surface area (Å²) in [5, 5.41) is 13.3. The number of H-pyrrole nitrogens is 1. The molecule has 0 bridgehead atoms. The molecule has 4 rings (SSSR count). The predicted molar refractivity (Wildman–Crippen MR) is 107 cm³/mol. The molecule has 0 unspecified atom stereocenters. The molecule has 2 amide bonds. The van der Waals surface area contributed by atoms with Gasteiger partial charge in [0.1, 0.15) is 18.0 Å². The van der Waals surface area contributed by atoms with E-state index in [0.717, 1.165) is 24.1 Å². The largest absolute Gasteiger partial charge is 0.446 e. The molecular formula is C20H23ClN4O4. The highest BCUT2D eigenvalue weighted by atomic mass is 35.5. The Morgan fingerprint density at radius 3 is 2.79 bits per heavy atom. The molecule has 2 aromatic rings. The Bertz CT molecular complexity index is 858. The molecular weight excluding hydrogens is 396 g/mol. The molecule has 1 aromatic carbocycles. The first-order valence-corrected chi connectivity index (χ1v) is 10.1. The Morgan fingerprint density at radius 1 is 1.28 bits per heavy atom. The third kappa shape index (κ3) is 5.07. The van der Waals surface area contributed by atoms with Crippen molar-refractivity contribution < 1.29 is 19.1 Å².